The van der Waals surface area contributed by atoms with E-state index in [1.807, 2.05) is 12.1 Å². The van der Waals surface area contributed by atoms with Crippen molar-refractivity contribution in [3.05, 3.63) is 47.0 Å². The van der Waals surface area contributed by atoms with E-state index in [4.69, 9.17) is 11.6 Å². The molecule has 0 aliphatic heterocycles. The Kier molecular flexibility index (Phi) is 3.09. The quantitative estimate of drug-likeness (QED) is 0.708. The Labute approximate surface area is 97.0 Å². The maximum Gasteiger partial charge on any atom is 0.0516 e. The summed E-state index contributed by atoms with van der Waals surface area (Å²) in [7, 11) is 0. The molecule has 0 unspecified atom stereocenters. The zero-order chi connectivity index (χ0) is 9.97. The predicted molar refractivity (Wildman–Crippen MR) is 66.5 cm³/mol. The summed E-state index contributed by atoms with van der Waals surface area (Å²) in [6.07, 6.45) is 0.976. The molecule has 2 aromatic rings. The van der Waals surface area contributed by atoms with Crippen LogP contribution in [0.3, 0.4) is 0 Å². The molecule has 0 heterocycles. The van der Waals surface area contributed by atoms with Crippen LogP contribution in [0.1, 0.15) is 5.56 Å². The van der Waals surface area contributed by atoms with E-state index in [2.05, 4.69) is 40.2 Å². The Hall–Kier alpha value is -0.530. The van der Waals surface area contributed by atoms with E-state index in [1.54, 1.807) is 0 Å². The smallest absolute Gasteiger partial charge is 0.0516 e. The Morgan fingerprint density at radius 3 is 2.64 bits per heavy atom. The van der Waals surface area contributed by atoms with Crippen molar-refractivity contribution in [2.45, 2.75) is 6.42 Å². The molecule has 0 saturated heterocycles. The molecule has 0 spiro atoms. The summed E-state index contributed by atoms with van der Waals surface area (Å²) in [6.45, 7) is 0. The Bertz CT molecular complexity index is 451. The van der Waals surface area contributed by atoms with Crippen LogP contribution >= 0.6 is 27.5 Å². The molecule has 0 saturated carbocycles. The zero-order valence-corrected chi connectivity index (χ0v) is 9.98. The van der Waals surface area contributed by atoms with E-state index < -0.39 is 0 Å². The molecule has 14 heavy (non-hydrogen) atoms. The van der Waals surface area contributed by atoms with Gasteiger partial charge in [0.15, 0.2) is 0 Å². The highest BCUT2D eigenvalue weighted by atomic mass is 79.9. The number of hydrogen-bond donors (Lipinski definition) is 0. The second-order valence-corrected chi connectivity index (χ2v) is 4.37. The highest BCUT2D eigenvalue weighted by molar-refractivity contribution is 9.09. The number of fused-ring (bicyclic) bond motifs is 1. The average Bonchev–Trinajstić information content (AvgIpc) is 2.23. The molecule has 2 heteroatoms. The molecule has 0 aromatic heterocycles. The number of halogens is 2. The Balaban J connectivity index is 2.63. The maximum atomic E-state index is 6.30. The molecule has 0 radical (unpaired) electrons. The van der Waals surface area contributed by atoms with Crippen molar-refractivity contribution >= 4 is 38.3 Å². The largest absolute Gasteiger partial charge is 0.0924 e. The van der Waals surface area contributed by atoms with Crippen LogP contribution in [0.2, 0.25) is 5.02 Å². The lowest BCUT2D eigenvalue weighted by Gasteiger charge is -2.05. The van der Waals surface area contributed by atoms with Crippen LogP contribution in [-0.4, -0.2) is 5.33 Å². The minimum Gasteiger partial charge on any atom is -0.0924 e. The third-order valence-corrected chi connectivity index (χ3v) is 3.15. The highest BCUT2D eigenvalue weighted by Crippen LogP contribution is 2.27. The summed E-state index contributed by atoms with van der Waals surface area (Å²) < 4.78 is 0. The van der Waals surface area contributed by atoms with Gasteiger partial charge in [-0.2, -0.15) is 0 Å². The van der Waals surface area contributed by atoms with Gasteiger partial charge in [0, 0.05) is 10.7 Å². The summed E-state index contributed by atoms with van der Waals surface area (Å²) in [4.78, 5) is 0. The number of hydrogen-bond acceptors (Lipinski definition) is 0. The molecule has 72 valence electrons. The third-order valence-electron chi connectivity index (χ3n) is 2.31. The zero-order valence-electron chi connectivity index (χ0n) is 7.63. The van der Waals surface area contributed by atoms with Crippen molar-refractivity contribution < 1.29 is 0 Å². The SMILES string of the molecule is Clc1c(CCBr)ccc2ccccc12. The van der Waals surface area contributed by atoms with Gasteiger partial charge in [0.25, 0.3) is 0 Å². The van der Waals surface area contributed by atoms with Crippen molar-refractivity contribution in [1.29, 1.82) is 0 Å². The van der Waals surface area contributed by atoms with E-state index in [1.165, 1.54) is 10.9 Å². The van der Waals surface area contributed by atoms with Crippen molar-refractivity contribution in [3.8, 4) is 0 Å². The van der Waals surface area contributed by atoms with Gasteiger partial charge in [-0.1, -0.05) is 63.9 Å². The van der Waals surface area contributed by atoms with E-state index in [0.717, 1.165) is 22.2 Å². The van der Waals surface area contributed by atoms with Crippen molar-refractivity contribution in [3.63, 3.8) is 0 Å². The third kappa shape index (κ3) is 1.79. The van der Waals surface area contributed by atoms with Crippen molar-refractivity contribution in [1.82, 2.24) is 0 Å². The molecule has 0 bridgehead atoms. The van der Waals surface area contributed by atoms with Gasteiger partial charge in [-0.15, -0.1) is 0 Å². The number of aryl methyl sites for hydroxylation is 1. The molecular formula is C12H10BrCl. The van der Waals surface area contributed by atoms with Crippen LogP contribution in [0.4, 0.5) is 0 Å². The topological polar surface area (TPSA) is 0 Å². The predicted octanol–water partition coefficient (Wildman–Crippen LogP) is 4.43. The van der Waals surface area contributed by atoms with Gasteiger partial charge < -0.3 is 0 Å². The minimum absolute atomic E-state index is 0.891. The van der Waals surface area contributed by atoms with Crippen molar-refractivity contribution in [2.24, 2.45) is 0 Å². The Morgan fingerprint density at radius 1 is 1.07 bits per heavy atom. The number of rotatable bonds is 2. The fourth-order valence-electron chi connectivity index (χ4n) is 1.57. The highest BCUT2D eigenvalue weighted by Gasteiger charge is 2.03. The average molecular weight is 270 g/mol. The van der Waals surface area contributed by atoms with E-state index >= 15 is 0 Å². The van der Waals surface area contributed by atoms with Crippen LogP contribution in [0, 0.1) is 0 Å². The van der Waals surface area contributed by atoms with E-state index in [-0.39, 0.29) is 0 Å². The maximum absolute atomic E-state index is 6.30. The van der Waals surface area contributed by atoms with Gasteiger partial charge in [-0.05, 0) is 17.4 Å². The lowest BCUT2D eigenvalue weighted by molar-refractivity contribution is 1.18. The molecule has 0 aliphatic rings. The standard InChI is InChI=1S/C12H10BrCl/c13-8-7-10-6-5-9-3-1-2-4-11(9)12(10)14/h1-6H,7-8H2. The lowest BCUT2D eigenvalue weighted by atomic mass is 10.1. The fraction of sp³-hybridized carbons (Fsp3) is 0.167. The number of alkyl halides is 1. The number of benzene rings is 2. The lowest BCUT2D eigenvalue weighted by Crippen LogP contribution is -1.88. The molecule has 0 nitrogen and oxygen atoms in total. The van der Waals surface area contributed by atoms with Gasteiger partial charge in [0.2, 0.25) is 0 Å². The van der Waals surface area contributed by atoms with Crippen molar-refractivity contribution in [2.75, 3.05) is 5.33 Å². The second-order valence-electron chi connectivity index (χ2n) is 3.20. The fourth-order valence-corrected chi connectivity index (χ4v) is 2.33. The molecule has 2 rings (SSSR count). The summed E-state index contributed by atoms with van der Waals surface area (Å²) in [6, 6.07) is 12.4. The molecule has 2 aromatic carbocycles. The molecule has 0 atom stereocenters. The van der Waals surface area contributed by atoms with Gasteiger partial charge in [0.05, 0.1) is 5.02 Å². The first kappa shape index (κ1) is 10.0. The molecule has 0 fully saturated rings. The van der Waals surface area contributed by atoms with E-state index in [9.17, 15) is 0 Å². The van der Waals surface area contributed by atoms with Crippen LogP contribution in [0.5, 0.6) is 0 Å². The van der Waals surface area contributed by atoms with E-state index in [0.29, 0.717) is 0 Å². The monoisotopic (exact) mass is 268 g/mol. The molecule has 0 N–H and O–H groups in total. The van der Waals surface area contributed by atoms with Crippen LogP contribution in [0.15, 0.2) is 36.4 Å². The van der Waals surface area contributed by atoms with Gasteiger partial charge in [-0.3, -0.25) is 0 Å². The van der Waals surface area contributed by atoms with Crippen LogP contribution < -0.4 is 0 Å². The summed E-state index contributed by atoms with van der Waals surface area (Å²) in [5, 5.41) is 4.19. The molecular weight excluding hydrogens is 259 g/mol. The summed E-state index contributed by atoms with van der Waals surface area (Å²) in [5.74, 6) is 0. The summed E-state index contributed by atoms with van der Waals surface area (Å²) >= 11 is 9.73. The first-order valence-corrected chi connectivity index (χ1v) is 6.05. The normalized spacial score (nSPS) is 10.7. The van der Waals surface area contributed by atoms with Crippen LogP contribution in [-0.2, 0) is 6.42 Å². The summed E-state index contributed by atoms with van der Waals surface area (Å²) in [5.41, 5.74) is 1.21. The Morgan fingerprint density at radius 2 is 1.86 bits per heavy atom. The van der Waals surface area contributed by atoms with Crippen LogP contribution in [0.25, 0.3) is 10.8 Å². The van der Waals surface area contributed by atoms with Gasteiger partial charge in [-0.25, -0.2) is 0 Å². The minimum atomic E-state index is 0.891. The van der Waals surface area contributed by atoms with Gasteiger partial charge >= 0.3 is 0 Å². The second kappa shape index (κ2) is 4.33. The first-order valence-electron chi connectivity index (χ1n) is 4.55. The first-order chi connectivity index (χ1) is 6.83. The van der Waals surface area contributed by atoms with Gasteiger partial charge in [0.1, 0.15) is 0 Å². The molecule has 0 amide bonds. The molecule has 0 aliphatic carbocycles.